The summed E-state index contributed by atoms with van der Waals surface area (Å²) in [4.78, 5) is 6.41. The van der Waals surface area contributed by atoms with E-state index in [-0.39, 0.29) is 0 Å². The molecule has 0 saturated carbocycles. The van der Waals surface area contributed by atoms with Crippen molar-refractivity contribution in [1.29, 1.82) is 5.26 Å². The first kappa shape index (κ1) is 11.9. The predicted octanol–water partition coefficient (Wildman–Crippen LogP) is 3.35. The van der Waals surface area contributed by atoms with Crippen LogP contribution in [0.4, 0.5) is 5.82 Å². The van der Waals surface area contributed by atoms with Gasteiger partial charge in [0.05, 0.1) is 12.5 Å². The van der Waals surface area contributed by atoms with E-state index in [1.54, 1.807) is 6.20 Å². The molecule has 17 heavy (non-hydrogen) atoms. The molecule has 0 bridgehead atoms. The maximum atomic E-state index is 8.61. The Morgan fingerprint density at radius 3 is 2.94 bits per heavy atom. The summed E-state index contributed by atoms with van der Waals surface area (Å²) in [5.41, 5.74) is 0. The molecule has 0 N–H and O–H groups in total. The van der Waals surface area contributed by atoms with Gasteiger partial charge in [0.1, 0.15) is 5.82 Å². The molecule has 0 radical (unpaired) electrons. The van der Waals surface area contributed by atoms with Gasteiger partial charge in [-0.25, -0.2) is 4.98 Å². The van der Waals surface area contributed by atoms with Gasteiger partial charge in [-0.15, -0.1) is 0 Å². The maximum Gasteiger partial charge on any atom is 0.136 e. The smallest absolute Gasteiger partial charge is 0.136 e. The second kappa shape index (κ2) is 5.15. The van der Waals surface area contributed by atoms with E-state index < -0.39 is 0 Å². The predicted molar refractivity (Wildman–Crippen MR) is 72.9 cm³/mol. The lowest BCUT2D eigenvalue weighted by molar-refractivity contribution is 0.890. The minimum absolute atomic E-state index is 0.503. The van der Waals surface area contributed by atoms with Gasteiger partial charge in [-0.2, -0.15) is 5.26 Å². The lowest BCUT2D eigenvalue weighted by Gasteiger charge is -2.18. The average molecular weight is 290 g/mol. The van der Waals surface area contributed by atoms with E-state index >= 15 is 0 Å². The van der Waals surface area contributed by atoms with E-state index in [0.29, 0.717) is 13.0 Å². The molecule has 0 atom stereocenters. The molecule has 1 aromatic heterocycles. The van der Waals surface area contributed by atoms with Crippen LogP contribution in [-0.2, 0) is 0 Å². The van der Waals surface area contributed by atoms with Crippen molar-refractivity contribution < 1.29 is 0 Å². The van der Waals surface area contributed by atoms with Crippen LogP contribution in [0, 0.1) is 11.3 Å². The Bertz CT molecular complexity index is 574. The number of hydrogen-bond acceptors (Lipinski definition) is 3. The molecule has 0 aliphatic rings. The first-order chi connectivity index (χ1) is 8.24. The van der Waals surface area contributed by atoms with E-state index in [4.69, 9.17) is 5.26 Å². The second-order valence-corrected chi connectivity index (χ2v) is 4.65. The Hall–Kier alpha value is -1.60. The van der Waals surface area contributed by atoms with Crippen molar-refractivity contribution in [3.8, 4) is 6.07 Å². The fourth-order valence-corrected chi connectivity index (χ4v) is 2.28. The third-order valence-corrected chi connectivity index (χ3v) is 3.34. The number of anilines is 1. The second-order valence-electron chi connectivity index (χ2n) is 3.80. The van der Waals surface area contributed by atoms with E-state index in [9.17, 15) is 0 Å². The molecule has 2 rings (SSSR count). The molecule has 0 spiro atoms. The first-order valence-corrected chi connectivity index (χ1v) is 6.14. The van der Waals surface area contributed by atoms with Gasteiger partial charge >= 0.3 is 0 Å². The van der Waals surface area contributed by atoms with E-state index in [2.05, 4.69) is 27.0 Å². The molecule has 2 aromatic rings. The molecule has 86 valence electrons. The highest BCUT2D eigenvalue weighted by atomic mass is 79.9. The van der Waals surface area contributed by atoms with Gasteiger partial charge in [-0.05, 0) is 12.1 Å². The van der Waals surface area contributed by atoms with Gasteiger partial charge in [0.15, 0.2) is 0 Å². The van der Waals surface area contributed by atoms with Gasteiger partial charge in [0.2, 0.25) is 0 Å². The normalized spacial score (nSPS) is 10.2. The van der Waals surface area contributed by atoms with Crippen LogP contribution in [0.3, 0.4) is 0 Å². The summed E-state index contributed by atoms with van der Waals surface area (Å²) in [5, 5.41) is 10.9. The highest BCUT2D eigenvalue weighted by Gasteiger charge is 2.08. The van der Waals surface area contributed by atoms with Gasteiger partial charge in [-0.1, -0.05) is 28.1 Å². The molecule has 0 aliphatic heterocycles. The largest absolute Gasteiger partial charge is 0.358 e. The summed E-state index contributed by atoms with van der Waals surface area (Å²) in [5.74, 6) is 0.916. The average Bonchev–Trinajstić information content (AvgIpc) is 2.36. The van der Waals surface area contributed by atoms with Crippen LogP contribution >= 0.6 is 15.9 Å². The number of nitriles is 1. The molecule has 0 aliphatic carbocycles. The Morgan fingerprint density at radius 1 is 1.35 bits per heavy atom. The Balaban J connectivity index is 2.48. The van der Waals surface area contributed by atoms with Gasteiger partial charge in [0.25, 0.3) is 0 Å². The number of rotatable bonds is 3. The standard InChI is InChI=1S/C13H12BrN3/c1-17(9-3-7-15)13-11-4-2-5-12(14)10(11)6-8-16-13/h2,4-6,8H,3,9H2,1H3. The summed E-state index contributed by atoms with van der Waals surface area (Å²) >= 11 is 3.53. The fourth-order valence-electron chi connectivity index (χ4n) is 1.78. The quantitative estimate of drug-likeness (QED) is 0.870. The summed E-state index contributed by atoms with van der Waals surface area (Å²) in [6.45, 7) is 0.690. The molecule has 3 nitrogen and oxygen atoms in total. The van der Waals surface area contributed by atoms with Crippen molar-refractivity contribution in [1.82, 2.24) is 4.98 Å². The summed E-state index contributed by atoms with van der Waals surface area (Å²) < 4.78 is 1.06. The zero-order chi connectivity index (χ0) is 12.3. The van der Waals surface area contributed by atoms with Crippen molar-refractivity contribution in [2.75, 3.05) is 18.5 Å². The van der Waals surface area contributed by atoms with Gasteiger partial charge in [-0.3, -0.25) is 0 Å². The zero-order valence-corrected chi connectivity index (χ0v) is 11.1. The minimum Gasteiger partial charge on any atom is -0.358 e. The number of nitrogens with zero attached hydrogens (tertiary/aromatic N) is 3. The van der Waals surface area contributed by atoms with Crippen LogP contribution in [0.2, 0.25) is 0 Å². The number of aromatic nitrogens is 1. The van der Waals surface area contributed by atoms with Crippen molar-refractivity contribution in [2.45, 2.75) is 6.42 Å². The van der Waals surface area contributed by atoms with Crippen molar-refractivity contribution in [3.63, 3.8) is 0 Å². The maximum absolute atomic E-state index is 8.61. The third-order valence-electron chi connectivity index (χ3n) is 2.65. The number of halogens is 1. The topological polar surface area (TPSA) is 39.9 Å². The number of fused-ring (bicyclic) bond motifs is 1. The molecular weight excluding hydrogens is 278 g/mol. The van der Waals surface area contributed by atoms with E-state index in [1.807, 2.05) is 36.2 Å². The summed E-state index contributed by atoms with van der Waals surface area (Å²) in [7, 11) is 1.96. The van der Waals surface area contributed by atoms with E-state index in [1.165, 1.54) is 0 Å². The molecule has 0 amide bonds. The Labute approximate surface area is 109 Å². The lowest BCUT2D eigenvalue weighted by atomic mass is 10.1. The molecule has 0 fully saturated rings. The molecule has 1 heterocycles. The van der Waals surface area contributed by atoms with Crippen LogP contribution in [0.5, 0.6) is 0 Å². The van der Waals surface area contributed by atoms with Gasteiger partial charge in [0, 0.05) is 35.0 Å². The van der Waals surface area contributed by atoms with E-state index in [0.717, 1.165) is 21.1 Å². The fraction of sp³-hybridized carbons (Fsp3) is 0.231. The van der Waals surface area contributed by atoms with Gasteiger partial charge < -0.3 is 4.90 Å². The van der Waals surface area contributed by atoms with Crippen LogP contribution in [0.15, 0.2) is 34.9 Å². The highest BCUT2D eigenvalue weighted by molar-refractivity contribution is 9.10. The molecule has 4 heteroatoms. The summed E-state index contributed by atoms with van der Waals surface area (Å²) in [6, 6.07) is 10.2. The zero-order valence-electron chi connectivity index (χ0n) is 9.52. The Kier molecular flexibility index (Phi) is 3.60. The van der Waals surface area contributed by atoms with Crippen LogP contribution in [0.25, 0.3) is 10.8 Å². The number of pyridine rings is 1. The van der Waals surface area contributed by atoms with Crippen molar-refractivity contribution >= 4 is 32.5 Å². The minimum atomic E-state index is 0.503. The van der Waals surface area contributed by atoms with Crippen LogP contribution in [-0.4, -0.2) is 18.6 Å². The van der Waals surface area contributed by atoms with Crippen LogP contribution in [0.1, 0.15) is 6.42 Å². The monoisotopic (exact) mass is 289 g/mol. The number of benzene rings is 1. The molecule has 0 unspecified atom stereocenters. The lowest BCUT2D eigenvalue weighted by Crippen LogP contribution is -2.19. The van der Waals surface area contributed by atoms with Crippen molar-refractivity contribution in [2.24, 2.45) is 0 Å². The SMILES string of the molecule is CN(CCC#N)c1nccc2c(Br)cccc12. The third kappa shape index (κ3) is 2.40. The molecular formula is C13H12BrN3. The summed E-state index contributed by atoms with van der Waals surface area (Å²) in [6.07, 6.45) is 2.30. The first-order valence-electron chi connectivity index (χ1n) is 5.35. The van der Waals surface area contributed by atoms with Crippen molar-refractivity contribution in [3.05, 3.63) is 34.9 Å². The molecule has 1 aromatic carbocycles. The number of hydrogen-bond donors (Lipinski definition) is 0. The molecule has 0 saturated heterocycles. The van der Waals surface area contributed by atoms with Crippen LogP contribution < -0.4 is 4.90 Å². The Morgan fingerprint density at radius 2 is 2.18 bits per heavy atom. The highest BCUT2D eigenvalue weighted by Crippen LogP contribution is 2.29.